The number of aromatic hydroxyl groups is 1. The Labute approximate surface area is 123 Å². The van der Waals surface area contributed by atoms with Gasteiger partial charge in [-0.1, -0.05) is 33.8 Å². The zero-order chi connectivity index (χ0) is 16.0. The smallest absolute Gasteiger partial charge is 0.311 e. The fourth-order valence-corrected chi connectivity index (χ4v) is 3.00. The number of nitro groups is 1. The van der Waals surface area contributed by atoms with Gasteiger partial charge in [-0.05, 0) is 22.8 Å². The third-order valence-corrected chi connectivity index (χ3v) is 5.24. The van der Waals surface area contributed by atoms with Gasteiger partial charge in [-0.2, -0.15) is 0 Å². The zero-order valence-electron chi connectivity index (χ0n) is 12.6. The average molecular weight is 292 g/mol. The number of phenolic OH excluding ortho intramolecular Hbond substituents is 1. The van der Waals surface area contributed by atoms with Gasteiger partial charge < -0.3 is 10.4 Å². The molecule has 6 heteroatoms. The molecule has 0 aromatic heterocycles. The number of para-hydroxylation sites is 1. The van der Waals surface area contributed by atoms with Crippen LogP contribution in [0.25, 0.3) is 0 Å². The fourth-order valence-electron chi connectivity index (χ4n) is 3.00. The van der Waals surface area contributed by atoms with Crippen LogP contribution in [-0.2, 0) is 0 Å². The van der Waals surface area contributed by atoms with Crippen molar-refractivity contribution in [3.63, 3.8) is 0 Å². The second-order valence-corrected chi connectivity index (χ2v) is 6.64. The summed E-state index contributed by atoms with van der Waals surface area (Å²) in [4.78, 5) is 22.1. The third-order valence-electron chi connectivity index (χ3n) is 5.24. The van der Waals surface area contributed by atoms with E-state index in [2.05, 4.69) is 33.0 Å². The van der Waals surface area contributed by atoms with Gasteiger partial charge in [0.2, 0.25) is 5.75 Å². The Morgan fingerprint density at radius 1 is 1.33 bits per heavy atom. The number of benzene rings is 1. The number of carbonyl (C=O) groups is 1. The van der Waals surface area contributed by atoms with Gasteiger partial charge in [0, 0.05) is 12.6 Å². The minimum absolute atomic E-state index is 0.0690. The number of hydrogen-bond acceptors (Lipinski definition) is 4. The van der Waals surface area contributed by atoms with Crippen LogP contribution in [0.3, 0.4) is 0 Å². The maximum Gasteiger partial charge on any atom is 0.311 e. The van der Waals surface area contributed by atoms with Crippen LogP contribution in [0.15, 0.2) is 18.2 Å². The highest BCUT2D eigenvalue weighted by atomic mass is 16.6. The maximum absolute atomic E-state index is 12.1. The lowest BCUT2D eigenvalue weighted by atomic mass is 10.0. The monoisotopic (exact) mass is 292 g/mol. The number of rotatable bonds is 4. The molecule has 1 aliphatic carbocycles. The first-order valence-electron chi connectivity index (χ1n) is 6.85. The van der Waals surface area contributed by atoms with Crippen LogP contribution < -0.4 is 5.32 Å². The van der Waals surface area contributed by atoms with Gasteiger partial charge in [0.1, 0.15) is 0 Å². The third kappa shape index (κ3) is 2.34. The molecule has 2 rings (SSSR count). The molecular formula is C15H20N2O4. The van der Waals surface area contributed by atoms with Gasteiger partial charge in [0.25, 0.3) is 5.91 Å². The van der Waals surface area contributed by atoms with Crippen LogP contribution in [-0.4, -0.2) is 22.5 Å². The summed E-state index contributed by atoms with van der Waals surface area (Å²) in [6.07, 6.45) is 0. The predicted octanol–water partition coefficient (Wildman–Crippen LogP) is 2.71. The van der Waals surface area contributed by atoms with Crippen LogP contribution >= 0.6 is 0 Å². The van der Waals surface area contributed by atoms with Crippen molar-refractivity contribution in [2.75, 3.05) is 6.54 Å². The molecule has 0 heterocycles. The molecule has 0 aliphatic heterocycles. The number of phenols is 1. The number of carbonyl (C=O) groups excluding carboxylic acids is 1. The molecular weight excluding hydrogens is 272 g/mol. The van der Waals surface area contributed by atoms with Crippen LogP contribution in [0.2, 0.25) is 0 Å². The highest BCUT2D eigenvalue weighted by Gasteiger charge is 2.64. The first-order valence-corrected chi connectivity index (χ1v) is 6.85. The Bertz CT molecular complexity index is 594. The van der Waals surface area contributed by atoms with Gasteiger partial charge in [0.05, 0.1) is 10.5 Å². The van der Waals surface area contributed by atoms with E-state index in [4.69, 9.17) is 0 Å². The van der Waals surface area contributed by atoms with E-state index < -0.39 is 22.3 Å². The normalized spacial score (nSPS) is 19.0. The number of hydrogen-bond donors (Lipinski definition) is 2. The summed E-state index contributed by atoms with van der Waals surface area (Å²) in [5.41, 5.74) is -0.245. The zero-order valence-corrected chi connectivity index (χ0v) is 12.6. The van der Waals surface area contributed by atoms with Gasteiger partial charge in [-0.15, -0.1) is 0 Å². The van der Waals surface area contributed by atoms with Gasteiger partial charge in [0.15, 0.2) is 0 Å². The molecule has 0 atom stereocenters. The van der Waals surface area contributed by atoms with Crippen LogP contribution in [0.5, 0.6) is 5.75 Å². The molecule has 0 bridgehead atoms. The Morgan fingerprint density at radius 3 is 2.38 bits per heavy atom. The number of nitrogens with zero attached hydrogens (tertiary/aromatic N) is 1. The Balaban J connectivity index is 2.09. The van der Waals surface area contributed by atoms with Crippen molar-refractivity contribution in [2.24, 2.45) is 16.7 Å². The van der Waals surface area contributed by atoms with E-state index in [-0.39, 0.29) is 16.4 Å². The van der Waals surface area contributed by atoms with Crippen LogP contribution in [0, 0.1) is 26.9 Å². The molecule has 6 nitrogen and oxygen atoms in total. The van der Waals surface area contributed by atoms with Crippen molar-refractivity contribution in [2.45, 2.75) is 27.7 Å². The van der Waals surface area contributed by atoms with E-state index in [0.29, 0.717) is 12.5 Å². The molecule has 21 heavy (non-hydrogen) atoms. The second-order valence-electron chi connectivity index (χ2n) is 6.64. The summed E-state index contributed by atoms with van der Waals surface area (Å²) in [5, 5.41) is 23.3. The highest BCUT2D eigenvalue weighted by Crippen LogP contribution is 2.67. The molecule has 1 aromatic rings. The Hall–Kier alpha value is -2.11. The molecule has 0 unspecified atom stereocenters. The first kappa shape index (κ1) is 15.3. The Morgan fingerprint density at radius 2 is 1.90 bits per heavy atom. The highest BCUT2D eigenvalue weighted by molar-refractivity contribution is 5.98. The maximum atomic E-state index is 12.1. The molecule has 114 valence electrons. The van der Waals surface area contributed by atoms with E-state index in [1.165, 1.54) is 18.2 Å². The minimum Gasteiger partial charge on any atom is -0.502 e. The van der Waals surface area contributed by atoms with Crippen molar-refractivity contribution >= 4 is 11.6 Å². The lowest BCUT2D eigenvalue weighted by Crippen LogP contribution is -2.27. The van der Waals surface area contributed by atoms with Crippen molar-refractivity contribution in [3.05, 3.63) is 33.9 Å². The lowest BCUT2D eigenvalue weighted by Gasteiger charge is -2.08. The number of nitrogens with one attached hydrogen (secondary N) is 1. The van der Waals surface area contributed by atoms with Gasteiger partial charge in [-0.25, -0.2) is 0 Å². The SMILES string of the molecule is CC1(C)C(CNC(=O)c2cccc([N+](=O)[O-])c2O)C1(C)C. The lowest BCUT2D eigenvalue weighted by molar-refractivity contribution is -0.385. The van der Waals surface area contributed by atoms with Crippen LogP contribution in [0.1, 0.15) is 38.1 Å². The van der Waals surface area contributed by atoms with E-state index in [9.17, 15) is 20.0 Å². The summed E-state index contributed by atoms with van der Waals surface area (Å²) in [7, 11) is 0. The quantitative estimate of drug-likeness (QED) is 0.659. The van der Waals surface area contributed by atoms with E-state index >= 15 is 0 Å². The van der Waals surface area contributed by atoms with Crippen molar-refractivity contribution < 1.29 is 14.8 Å². The van der Waals surface area contributed by atoms with Crippen molar-refractivity contribution in [3.8, 4) is 5.75 Å². The molecule has 0 saturated heterocycles. The van der Waals surface area contributed by atoms with E-state index in [0.717, 1.165) is 0 Å². The average Bonchev–Trinajstić information content (AvgIpc) is 2.76. The Kier molecular flexibility index (Phi) is 3.43. The van der Waals surface area contributed by atoms with Crippen LogP contribution in [0.4, 0.5) is 5.69 Å². The van der Waals surface area contributed by atoms with Crippen molar-refractivity contribution in [1.29, 1.82) is 0 Å². The second kappa shape index (κ2) is 4.72. The molecule has 1 fully saturated rings. The molecule has 1 aromatic carbocycles. The molecule has 1 amide bonds. The topological polar surface area (TPSA) is 92.5 Å². The largest absolute Gasteiger partial charge is 0.502 e. The molecule has 1 aliphatic rings. The fraction of sp³-hybridized carbons (Fsp3) is 0.533. The summed E-state index contributed by atoms with van der Waals surface area (Å²) in [6.45, 7) is 9.08. The summed E-state index contributed by atoms with van der Waals surface area (Å²) >= 11 is 0. The van der Waals surface area contributed by atoms with Gasteiger partial charge in [-0.3, -0.25) is 14.9 Å². The first-order chi connectivity index (χ1) is 9.60. The molecule has 2 N–H and O–H groups in total. The van der Waals surface area contributed by atoms with E-state index in [1.807, 2.05) is 0 Å². The van der Waals surface area contributed by atoms with Gasteiger partial charge >= 0.3 is 5.69 Å². The number of amides is 1. The van der Waals surface area contributed by atoms with E-state index in [1.54, 1.807) is 0 Å². The van der Waals surface area contributed by atoms with Crippen molar-refractivity contribution in [1.82, 2.24) is 5.32 Å². The minimum atomic E-state index is -0.709. The molecule has 0 radical (unpaired) electrons. The molecule has 0 spiro atoms. The molecule has 1 saturated carbocycles. The standard InChI is InChI=1S/C15H20N2O4/c1-14(2)11(15(14,3)4)8-16-13(19)9-6-5-7-10(12(9)18)17(20)21/h5-7,11,18H,8H2,1-4H3,(H,16,19). The summed E-state index contributed by atoms with van der Waals surface area (Å²) in [5.74, 6) is -0.737. The number of nitro benzene ring substituents is 1. The predicted molar refractivity (Wildman–Crippen MR) is 78.1 cm³/mol. The summed E-state index contributed by atoms with van der Waals surface area (Å²) in [6, 6.07) is 3.93. The summed E-state index contributed by atoms with van der Waals surface area (Å²) < 4.78 is 0.